The number of anilines is 2. The number of nitrogens with one attached hydrogen (secondary N) is 1. The maximum absolute atomic E-state index is 11.9. The molecule has 0 saturated heterocycles. The number of nitrogen functional groups attached to an aromatic ring is 1. The number of nitrogens with zero attached hydrogens (tertiary/aromatic N) is 1. The van der Waals surface area contributed by atoms with Crippen molar-refractivity contribution in [3.05, 3.63) is 40.9 Å². The number of carbonyl (C=O) groups excluding carboxylic acids is 1. The second-order valence-electron chi connectivity index (χ2n) is 5.03. The molecule has 1 aromatic carbocycles. The molecule has 1 amide bonds. The fourth-order valence-electron chi connectivity index (χ4n) is 1.80. The number of amides is 1. The van der Waals surface area contributed by atoms with Gasteiger partial charge < -0.3 is 11.1 Å². The fourth-order valence-corrected chi connectivity index (χ4v) is 2.69. The van der Waals surface area contributed by atoms with E-state index in [4.69, 9.17) is 5.73 Å². The number of hydrogen-bond donors (Lipinski definition) is 2. The highest BCUT2D eigenvalue weighted by Crippen LogP contribution is 2.21. The van der Waals surface area contributed by atoms with Gasteiger partial charge in [0.25, 0.3) is 0 Å². The topological polar surface area (TPSA) is 68.0 Å². The summed E-state index contributed by atoms with van der Waals surface area (Å²) in [6.45, 7) is 4.17. The Morgan fingerprint density at radius 1 is 1.45 bits per heavy atom. The first-order valence-electron chi connectivity index (χ1n) is 6.64. The lowest BCUT2D eigenvalue weighted by molar-refractivity contribution is -0.116. The van der Waals surface area contributed by atoms with Crippen molar-refractivity contribution >= 4 is 28.1 Å². The number of aryl methyl sites for hydroxylation is 1. The van der Waals surface area contributed by atoms with Gasteiger partial charge in [-0.2, -0.15) is 0 Å². The first-order chi connectivity index (χ1) is 9.54. The zero-order valence-electron chi connectivity index (χ0n) is 11.7. The Hall–Kier alpha value is -1.88. The summed E-state index contributed by atoms with van der Waals surface area (Å²) in [5.41, 5.74) is 8.52. The molecule has 0 radical (unpaired) electrons. The molecule has 1 aromatic heterocycles. The zero-order valence-corrected chi connectivity index (χ0v) is 12.5. The molecule has 3 N–H and O–H groups in total. The zero-order chi connectivity index (χ0) is 14.5. The molecule has 0 spiro atoms. The van der Waals surface area contributed by atoms with E-state index in [1.165, 1.54) is 11.3 Å². The van der Waals surface area contributed by atoms with Crippen LogP contribution in [-0.4, -0.2) is 10.9 Å². The third kappa shape index (κ3) is 4.06. The maximum Gasteiger partial charge on any atom is 0.226 e. The van der Waals surface area contributed by atoms with E-state index in [0.717, 1.165) is 16.9 Å². The Balaban J connectivity index is 1.86. The second-order valence-corrected chi connectivity index (χ2v) is 5.88. The van der Waals surface area contributed by atoms with E-state index in [0.29, 0.717) is 23.9 Å². The van der Waals surface area contributed by atoms with E-state index in [-0.39, 0.29) is 5.91 Å². The van der Waals surface area contributed by atoms with Gasteiger partial charge >= 0.3 is 0 Å². The summed E-state index contributed by atoms with van der Waals surface area (Å²) in [6.07, 6.45) is 1.11. The van der Waals surface area contributed by atoms with Crippen LogP contribution < -0.4 is 11.1 Å². The van der Waals surface area contributed by atoms with Crippen molar-refractivity contribution < 1.29 is 4.79 Å². The minimum atomic E-state index is -0.0166. The van der Waals surface area contributed by atoms with Gasteiger partial charge in [0.1, 0.15) is 0 Å². The van der Waals surface area contributed by atoms with Crippen molar-refractivity contribution in [2.75, 3.05) is 11.1 Å². The molecule has 4 nitrogen and oxygen atoms in total. The van der Waals surface area contributed by atoms with Crippen LogP contribution in [0.3, 0.4) is 0 Å². The largest absolute Gasteiger partial charge is 0.399 e. The molecule has 0 unspecified atom stereocenters. The second kappa shape index (κ2) is 6.52. The first kappa shape index (κ1) is 14.5. The number of carbonyl (C=O) groups is 1. The molecule has 0 saturated carbocycles. The standard InChI is InChI=1S/C15H19N3OS/c1-10(2)13-9-20-15(17-13)18-14(19)7-6-11-4-3-5-12(16)8-11/h3-5,8-10H,6-7,16H2,1-2H3,(H,17,18,19). The Morgan fingerprint density at radius 3 is 2.90 bits per heavy atom. The number of hydrogen-bond acceptors (Lipinski definition) is 4. The molecule has 0 bridgehead atoms. The Kier molecular flexibility index (Phi) is 4.74. The average Bonchev–Trinajstić information content (AvgIpc) is 2.85. The predicted octanol–water partition coefficient (Wildman–Crippen LogP) is 3.42. The quantitative estimate of drug-likeness (QED) is 0.829. The lowest BCUT2D eigenvalue weighted by Gasteiger charge is -2.03. The van der Waals surface area contributed by atoms with Gasteiger partial charge in [-0.25, -0.2) is 4.98 Å². The third-order valence-corrected chi connectivity index (χ3v) is 3.73. The van der Waals surface area contributed by atoms with Gasteiger partial charge in [-0.15, -0.1) is 11.3 Å². The van der Waals surface area contributed by atoms with Gasteiger partial charge in [0.05, 0.1) is 5.69 Å². The molecular weight excluding hydrogens is 270 g/mol. The highest BCUT2D eigenvalue weighted by Gasteiger charge is 2.09. The minimum absolute atomic E-state index is 0.0166. The molecule has 0 aliphatic rings. The van der Waals surface area contributed by atoms with Gasteiger partial charge in [0, 0.05) is 17.5 Å². The van der Waals surface area contributed by atoms with Crippen molar-refractivity contribution in [1.82, 2.24) is 4.98 Å². The summed E-state index contributed by atoms with van der Waals surface area (Å²) in [7, 11) is 0. The summed E-state index contributed by atoms with van der Waals surface area (Å²) < 4.78 is 0. The molecule has 2 rings (SSSR count). The van der Waals surface area contributed by atoms with Crippen LogP contribution in [0.4, 0.5) is 10.8 Å². The van der Waals surface area contributed by atoms with E-state index in [2.05, 4.69) is 24.1 Å². The Labute approximate surface area is 123 Å². The number of nitrogens with two attached hydrogens (primary N) is 1. The maximum atomic E-state index is 11.9. The highest BCUT2D eigenvalue weighted by atomic mass is 32.1. The number of rotatable bonds is 5. The highest BCUT2D eigenvalue weighted by molar-refractivity contribution is 7.13. The van der Waals surface area contributed by atoms with Crippen molar-refractivity contribution in [1.29, 1.82) is 0 Å². The van der Waals surface area contributed by atoms with E-state index in [1.807, 2.05) is 29.6 Å². The van der Waals surface area contributed by atoms with E-state index in [9.17, 15) is 4.79 Å². The molecule has 1 heterocycles. The molecule has 0 aliphatic heterocycles. The lowest BCUT2D eigenvalue weighted by atomic mass is 10.1. The van der Waals surface area contributed by atoms with Gasteiger partial charge in [0.15, 0.2) is 5.13 Å². The molecule has 0 aliphatic carbocycles. The molecular formula is C15H19N3OS. The van der Waals surface area contributed by atoms with Crippen LogP contribution in [0.5, 0.6) is 0 Å². The van der Waals surface area contributed by atoms with E-state index >= 15 is 0 Å². The number of benzene rings is 1. The van der Waals surface area contributed by atoms with Gasteiger partial charge in [-0.1, -0.05) is 26.0 Å². The van der Waals surface area contributed by atoms with E-state index in [1.54, 1.807) is 0 Å². The van der Waals surface area contributed by atoms with Crippen LogP contribution in [0.25, 0.3) is 0 Å². The van der Waals surface area contributed by atoms with Crippen molar-refractivity contribution in [3.8, 4) is 0 Å². The summed E-state index contributed by atoms with van der Waals surface area (Å²) in [5, 5.41) is 5.50. The van der Waals surface area contributed by atoms with Crippen molar-refractivity contribution in [2.24, 2.45) is 0 Å². The smallest absolute Gasteiger partial charge is 0.226 e. The monoisotopic (exact) mass is 289 g/mol. The average molecular weight is 289 g/mol. The molecule has 5 heteroatoms. The predicted molar refractivity (Wildman–Crippen MR) is 84.0 cm³/mol. The molecule has 0 fully saturated rings. The van der Waals surface area contributed by atoms with Crippen LogP contribution in [0.15, 0.2) is 29.6 Å². The SMILES string of the molecule is CC(C)c1csc(NC(=O)CCc2cccc(N)c2)n1. The molecule has 20 heavy (non-hydrogen) atoms. The van der Waals surface area contributed by atoms with Crippen LogP contribution in [0.1, 0.15) is 37.4 Å². The normalized spacial score (nSPS) is 10.8. The van der Waals surface area contributed by atoms with Crippen molar-refractivity contribution in [3.63, 3.8) is 0 Å². The first-order valence-corrected chi connectivity index (χ1v) is 7.52. The van der Waals surface area contributed by atoms with Gasteiger partial charge in [-0.05, 0) is 30.0 Å². The van der Waals surface area contributed by atoms with Gasteiger partial charge in [-0.3, -0.25) is 4.79 Å². The molecule has 0 atom stereocenters. The number of thiazole rings is 1. The number of aromatic nitrogens is 1. The van der Waals surface area contributed by atoms with Crippen molar-refractivity contribution in [2.45, 2.75) is 32.6 Å². The Morgan fingerprint density at radius 2 is 2.25 bits per heavy atom. The van der Waals surface area contributed by atoms with E-state index < -0.39 is 0 Å². The summed E-state index contributed by atoms with van der Waals surface area (Å²) in [6, 6.07) is 7.61. The molecule has 106 valence electrons. The lowest BCUT2D eigenvalue weighted by Crippen LogP contribution is -2.12. The van der Waals surface area contributed by atoms with Crippen LogP contribution in [0, 0.1) is 0 Å². The summed E-state index contributed by atoms with van der Waals surface area (Å²) in [4.78, 5) is 16.3. The minimum Gasteiger partial charge on any atom is -0.399 e. The fraction of sp³-hybridized carbons (Fsp3) is 0.333. The van der Waals surface area contributed by atoms with Crippen LogP contribution in [0.2, 0.25) is 0 Å². The summed E-state index contributed by atoms with van der Waals surface area (Å²) in [5.74, 6) is 0.362. The van der Waals surface area contributed by atoms with Crippen LogP contribution >= 0.6 is 11.3 Å². The van der Waals surface area contributed by atoms with Gasteiger partial charge in [0.2, 0.25) is 5.91 Å². The molecule has 2 aromatic rings. The van der Waals surface area contributed by atoms with Crippen LogP contribution in [-0.2, 0) is 11.2 Å². The Bertz CT molecular complexity index is 592. The summed E-state index contributed by atoms with van der Waals surface area (Å²) >= 11 is 1.47. The third-order valence-electron chi connectivity index (χ3n) is 2.95.